The van der Waals surface area contributed by atoms with Crippen LogP contribution in [0.2, 0.25) is 0 Å². The minimum Gasteiger partial charge on any atom is -0.309 e. The fraction of sp³-hybridized carbons (Fsp3) is 0. The van der Waals surface area contributed by atoms with Crippen molar-refractivity contribution in [3.63, 3.8) is 0 Å². The molecule has 10 rings (SSSR count). The molecule has 0 aliphatic carbocycles. The Morgan fingerprint density at radius 3 is 1.56 bits per heavy atom. The predicted molar refractivity (Wildman–Crippen MR) is 209 cm³/mol. The van der Waals surface area contributed by atoms with Gasteiger partial charge in [-0.25, -0.2) is 4.98 Å². The van der Waals surface area contributed by atoms with Crippen LogP contribution in [0, 0.1) is 0 Å². The molecule has 0 saturated heterocycles. The SMILES string of the molecule is c1ccc(-c2ccc(-n3c4ccccc4c4ccc(-c5ccc6c7cccnc7n(-c7cccc(-c8ccccc8)c7)c6c5)cc43)cc2)cc1. The number of para-hydroxylation sites is 1. The molecule has 0 N–H and O–H groups in total. The minimum atomic E-state index is 0.958. The molecule has 0 aliphatic rings. The first-order valence-electron chi connectivity index (χ1n) is 17.0. The summed E-state index contributed by atoms with van der Waals surface area (Å²) in [5.41, 5.74) is 13.9. The van der Waals surface area contributed by atoms with E-state index in [0.29, 0.717) is 0 Å². The lowest BCUT2D eigenvalue weighted by molar-refractivity contribution is 1.14. The molecule has 0 amide bonds. The van der Waals surface area contributed by atoms with Gasteiger partial charge in [0.1, 0.15) is 5.65 Å². The van der Waals surface area contributed by atoms with Gasteiger partial charge in [-0.05, 0) is 88.0 Å². The predicted octanol–water partition coefficient (Wildman–Crippen LogP) is 12.3. The molecule has 234 valence electrons. The van der Waals surface area contributed by atoms with Crippen molar-refractivity contribution in [2.75, 3.05) is 0 Å². The maximum atomic E-state index is 4.90. The smallest absolute Gasteiger partial charge is 0.145 e. The monoisotopic (exact) mass is 637 g/mol. The summed E-state index contributed by atoms with van der Waals surface area (Å²) in [6.45, 7) is 0. The zero-order chi connectivity index (χ0) is 33.0. The van der Waals surface area contributed by atoms with Crippen LogP contribution in [0.25, 0.3) is 88.5 Å². The van der Waals surface area contributed by atoms with Gasteiger partial charge in [0.25, 0.3) is 0 Å². The largest absolute Gasteiger partial charge is 0.309 e. The van der Waals surface area contributed by atoms with Crippen LogP contribution >= 0.6 is 0 Å². The molecule has 3 nitrogen and oxygen atoms in total. The van der Waals surface area contributed by atoms with Crippen molar-refractivity contribution in [3.8, 4) is 44.8 Å². The van der Waals surface area contributed by atoms with Gasteiger partial charge in [-0.1, -0.05) is 127 Å². The molecule has 0 aliphatic heterocycles. The number of hydrogen-bond acceptors (Lipinski definition) is 1. The van der Waals surface area contributed by atoms with E-state index < -0.39 is 0 Å². The van der Waals surface area contributed by atoms with Crippen LogP contribution in [0.4, 0.5) is 0 Å². The van der Waals surface area contributed by atoms with E-state index >= 15 is 0 Å². The Kier molecular flexibility index (Phi) is 6.49. The van der Waals surface area contributed by atoms with Crippen LogP contribution in [-0.2, 0) is 0 Å². The van der Waals surface area contributed by atoms with Crippen molar-refractivity contribution >= 4 is 43.7 Å². The highest BCUT2D eigenvalue weighted by molar-refractivity contribution is 6.11. The molecule has 3 heteroatoms. The summed E-state index contributed by atoms with van der Waals surface area (Å²) in [6, 6.07) is 65.5. The van der Waals surface area contributed by atoms with E-state index in [1.165, 1.54) is 60.6 Å². The second-order valence-corrected chi connectivity index (χ2v) is 12.9. The third-order valence-corrected chi connectivity index (χ3v) is 9.98. The van der Waals surface area contributed by atoms with Crippen LogP contribution in [0.15, 0.2) is 188 Å². The van der Waals surface area contributed by atoms with Gasteiger partial charge in [0.2, 0.25) is 0 Å². The lowest BCUT2D eigenvalue weighted by atomic mass is 10.0. The van der Waals surface area contributed by atoms with E-state index in [1.54, 1.807) is 0 Å². The van der Waals surface area contributed by atoms with E-state index in [-0.39, 0.29) is 0 Å². The van der Waals surface area contributed by atoms with Gasteiger partial charge in [0.15, 0.2) is 0 Å². The zero-order valence-electron chi connectivity index (χ0n) is 27.2. The molecule has 0 radical (unpaired) electrons. The standard InChI is InChI=1S/C47H31N3/c1-3-11-32(12-4-1)34-20-24-38(25-21-34)49-44-19-8-7-17-40(44)41-26-22-36(30-45(41)49)37-23-27-42-43-18-10-28-48-47(43)50(46(42)31-37)39-16-9-15-35(29-39)33-13-5-2-6-14-33/h1-31H. The Bertz CT molecular complexity index is 2840. The van der Waals surface area contributed by atoms with Crippen LogP contribution in [0.1, 0.15) is 0 Å². The number of nitrogens with zero attached hydrogens (tertiary/aromatic N) is 3. The maximum absolute atomic E-state index is 4.90. The number of fused-ring (bicyclic) bond motifs is 6. The van der Waals surface area contributed by atoms with E-state index in [4.69, 9.17) is 4.98 Å². The van der Waals surface area contributed by atoms with Gasteiger partial charge < -0.3 is 4.57 Å². The topological polar surface area (TPSA) is 22.8 Å². The molecular weight excluding hydrogens is 607 g/mol. The first-order chi connectivity index (χ1) is 24.8. The first-order valence-corrected chi connectivity index (χ1v) is 17.0. The Balaban J connectivity index is 1.15. The number of hydrogen-bond donors (Lipinski definition) is 0. The molecule has 0 bridgehead atoms. The summed E-state index contributed by atoms with van der Waals surface area (Å²) < 4.78 is 4.71. The van der Waals surface area contributed by atoms with Crippen LogP contribution in [0.3, 0.4) is 0 Å². The van der Waals surface area contributed by atoms with Crippen molar-refractivity contribution in [2.24, 2.45) is 0 Å². The van der Waals surface area contributed by atoms with Crippen molar-refractivity contribution < 1.29 is 0 Å². The number of benzene rings is 7. The van der Waals surface area contributed by atoms with Crippen LogP contribution in [0.5, 0.6) is 0 Å². The fourth-order valence-electron chi connectivity index (χ4n) is 7.60. The summed E-state index contributed by atoms with van der Waals surface area (Å²) >= 11 is 0. The number of rotatable bonds is 5. The highest BCUT2D eigenvalue weighted by Gasteiger charge is 2.17. The Hall–Kier alpha value is -6.71. The summed E-state index contributed by atoms with van der Waals surface area (Å²) in [5, 5.41) is 4.83. The van der Waals surface area contributed by atoms with Crippen LogP contribution < -0.4 is 0 Å². The molecule has 0 unspecified atom stereocenters. The molecule has 50 heavy (non-hydrogen) atoms. The minimum absolute atomic E-state index is 0.958. The normalized spacial score (nSPS) is 11.6. The van der Waals surface area contributed by atoms with Gasteiger partial charge in [0, 0.05) is 39.1 Å². The van der Waals surface area contributed by atoms with Crippen molar-refractivity contribution in [3.05, 3.63) is 188 Å². The molecule has 7 aromatic carbocycles. The molecular formula is C47H31N3. The molecule has 0 spiro atoms. The molecule has 3 heterocycles. The first kappa shape index (κ1) is 28.3. The second-order valence-electron chi connectivity index (χ2n) is 12.9. The maximum Gasteiger partial charge on any atom is 0.145 e. The quantitative estimate of drug-likeness (QED) is 0.184. The average molecular weight is 638 g/mol. The third kappa shape index (κ3) is 4.56. The molecule has 3 aromatic heterocycles. The van der Waals surface area contributed by atoms with Crippen LogP contribution in [-0.4, -0.2) is 14.1 Å². The van der Waals surface area contributed by atoms with Gasteiger partial charge in [-0.15, -0.1) is 0 Å². The number of aromatic nitrogens is 3. The fourth-order valence-corrected chi connectivity index (χ4v) is 7.60. The van der Waals surface area contributed by atoms with Gasteiger partial charge in [-0.2, -0.15) is 0 Å². The zero-order valence-corrected chi connectivity index (χ0v) is 27.2. The second kappa shape index (κ2) is 11.5. The van der Waals surface area contributed by atoms with Gasteiger partial charge in [0.05, 0.1) is 16.6 Å². The Morgan fingerprint density at radius 1 is 0.300 bits per heavy atom. The van der Waals surface area contributed by atoms with Crippen molar-refractivity contribution in [1.82, 2.24) is 14.1 Å². The number of pyridine rings is 1. The molecule has 0 saturated carbocycles. The Labute approximate surface area is 290 Å². The van der Waals surface area contributed by atoms with E-state index in [2.05, 4.69) is 185 Å². The highest BCUT2D eigenvalue weighted by Crippen LogP contribution is 2.38. The van der Waals surface area contributed by atoms with E-state index in [0.717, 1.165) is 27.9 Å². The van der Waals surface area contributed by atoms with Crippen molar-refractivity contribution in [1.29, 1.82) is 0 Å². The molecule has 0 fully saturated rings. The summed E-state index contributed by atoms with van der Waals surface area (Å²) in [4.78, 5) is 4.90. The van der Waals surface area contributed by atoms with Gasteiger partial charge >= 0.3 is 0 Å². The summed E-state index contributed by atoms with van der Waals surface area (Å²) in [7, 11) is 0. The lowest BCUT2D eigenvalue weighted by Gasteiger charge is -2.12. The molecule has 10 aromatic rings. The average Bonchev–Trinajstić information content (AvgIpc) is 3.71. The highest BCUT2D eigenvalue weighted by atomic mass is 15.0. The third-order valence-electron chi connectivity index (χ3n) is 9.98. The van der Waals surface area contributed by atoms with Gasteiger partial charge in [-0.3, -0.25) is 4.57 Å². The van der Waals surface area contributed by atoms with E-state index in [9.17, 15) is 0 Å². The lowest BCUT2D eigenvalue weighted by Crippen LogP contribution is -1.96. The van der Waals surface area contributed by atoms with E-state index in [1.807, 2.05) is 12.3 Å². The molecule has 0 atom stereocenters. The van der Waals surface area contributed by atoms with Crippen molar-refractivity contribution in [2.45, 2.75) is 0 Å². The Morgan fingerprint density at radius 2 is 0.820 bits per heavy atom. The summed E-state index contributed by atoms with van der Waals surface area (Å²) in [5.74, 6) is 0. The summed E-state index contributed by atoms with van der Waals surface area (Å²) in [6.07, 6.45) is 1.89.